The van der Waals surface area contributed by atoms with Gasteiger partial charge in [0.05, 0.1) is 6.61 Å². The summed E-state index contributed by atoms with van der Waals surface area (Å²) < 4.78 is 5.93. The molecule has 0 aromatic heterocycles. The Bertz CT molecular complexity index is 190. The van der Waals surface area contributed by atoms with Gasteiger partial charge in [-0.15, -0.1) is 0 Å². The molecule has 0 bridgehead atoms. The second-order valence-electron chi connectivity index (χ2n) is 4.96. The molecule has 0 saturated carbocycles. The summed E-state index contributed by atoms with van der Waals surface area (Å²) >= 11 is 2.06. The topological polar surface area (TPSA) is 21.3 Å². The van der Waals surface area contributed by atoms with Crippen LogP contribution < -0.4 is 5.32 Å². The van der Waals surface area contributed by atoms with E-state index in [2.05, 4.69) is 30.9 Å². The fraction of sp³-hybridized carbons (Fsp3) is 1.00. The van der Waals surface area contributed by atoms with E-state index in [0.717, 1.165) is 31.7 Å². The van der Waals surface area contributed by atoms with Crippen LogP contribution in [0.5, 0.6) is 0 Å². The monoisotopic (exact) mass is 215 g/mol. The van der Waals surface area contributed by atoms with Gasteiger partial charge in [-0.2, -0.15) is 11.8 Å². The summed E-state index contributed by atoms with van der Waals surface area (Å²) in [5.41, 5.74) is 0. The average molecular weight is 215 g/mol. The number of rotatable bonds is 3. The van der Waals surface area contributed by atoms with Crippen molar-refractivity contribution in [2.45, 2.75) is 37.5 Å². The van der Waals surface area contributed by atoms with Gasteiger partial charge >= 0.3 is 0 Å². The summed E-state index contributed by atoms with van der Waals surface area (Å²) in [5, 5.41) is 3.68. The fourth-order valence-electron chi connectivity index (χ4n) is 2.08. The highest BCUT2D eigenvalue weighted by molar-refractivity contribution is 8.02. The maximum atomic E-state index is 5.47. The molecule has 2 nitrogen and oxygen atoms in total. The minimum Gasteiger partial charge on any atom is -0.381 e. The molecule has 82 valence electrons. The lowest BCUT2D eigenvalue weighted by Crippen LogP contribution is -2.55. The molecule has 2 rings (SSSR count). The summed E-state index contributed by atoms with van der Waals surface area (Å²) in [6, 6.07) is 0.717. The first-order valence-corrected chi connectivity index (χ1v) is 6.62. The van der Waals surface area contributed by atoms with E-state index in [1.807, 2.05) is 0 Å². The van der Waals surface area contributed by atoms with Crippen LogP contribution in [-0.2, 0) is 4.74 Å². The number of nitrogens with one attached hydrogen (secondary N) is 1. The van der Waals surface area contributed by atoms with Gasteiger partial charge in [-0.1, -0.05) is 0 Å². The van der Waals surface area contributed by atoms with Crippen molar-refractivity contribution in [3.8, 4) is 0 Å². The Labute approximate surface area is 91.2 Å². The summed E-state index contributed by atoms with van der Waals surface area (Å²) in [6.45, 7) is 7.75. The van der Waals surface area contributed by atoms with Crippen molar-refractivity contribution in [3.05, 3.63) is 0 Å². The molecule has 2 atom stereocenters. The number of hydrogen-bond acceptors (Lipinski definition) is 3. The Morgan fingerprint density at radius 2 is 2.36 bits per heavy atom. The van der Waals surface area contributed by atoms with E-state index >= 15 is 0 Å². The van der Waals surface area contributed by atoms with Crippen molar-refractivity contribution in [1.82, 2.24) is 5.32 Å². The largest absolute Gasteiger partial charge is 0.381 e. The predicted octanol–water partition coefficient (Wildman–Crippen LogP) is 1.90. The van der Waals surface area contributed by atoms with Gasteiger partial charge in [-0.05, 0) is 32.6 Å². The zero-order valence-electron chi connectivity index (χ0n) is 9.21. The summed E-state index contributed by atoms with van der Waals surface area (Å²) in [6.07, 6.45) is 2.59. The van der Waals surface area contributed by atoms with E-state index in [-0.39, 0.29) is 0 Å². The first kappa shape index (κ1) is 10.8. The van der Waals surface area contributed by atoms with E-state index in [1.54, 1.807) is 0 Å². The minimum absolute atomic E-state index is 0.454. The molecule has 2 aliphatic rings. The van der Waals surface area contributed by atoms with Crippen molar-refractivity contribution < 1.29 is 4.74 Å². The maximum Gasteiger partial charge on any atom is 0.0506 e. The zero-order chi connectivity index (χ0) is 10.0. The third-order valence-electron chi connectivity index (χ3n) is 3.37. The summed E-state index contributed by atoms with van der Waals surface area (Å²) in [7, 11) is 0. The van der Waals surface area contributed by atoms with Crippen LogP contribution in [0.4, 0.5) is 0 Å². The Kier molecular flexibility index (Phi) is 3.40. The highest BCUT2D eigenvalue weighted by Crippen LogP contribution is 2.39. The van der Waals surface area contributed by atoms with Gasteiger partial charge in [0.1, 0.15) is 0 Å². The van der Waals surface area contributed by atoms with E-state index in [4.69, 9.17) is 4.74 Å². The molecule has 2 fully saturated rings. The van der Waals surface area contributed by atoms with Gasteiger partial charge in [0.15, 0.2) is 0 Å². The molecule has 0 aromatic carbocycles. The van der Waals surface area contributed by atoms with Crippen LogP contribution in [0.3, 0.4) is 0 Å². The van der Waals surface area contributed by atoms with Crippen molar-refractivity contribution in [3.63, 3.8) is 0 Å². The quantitative estimate of drug-likeness (QED) is 0.777. The highest BCUT2D eigenvalue weighted by Gasteiger charge is 2.39. The van der Waals surface area contributed by atoms with Crippen LogP contribution in [0.2, 0.25) is 0 Å². The smallest absolute Gasteiger partial charge is 0.0506 e. The standard InChI is InChI=1S/C11H21NOS/c1-11(2)10(8-14-11)12-6-9-4-3-5-13-7-9/h9-10,12H,3-8H2,1-2H3. The summed E-state index contributed by atoms with van der Waals surface area (Å²) in [4.78, 5) is 0. The SMILES string of the molecule is CC1(C)SCC1NCC1CCCOC1. The number of hydrogen-bond donors (Lipinski definition) is 1. The molecule has 0 aliphatic carbocycles. The first-order chi connectivity index (χ1) is 6.68. The van der Waals surface area contributed by atoms with Crippen LogP contribution >= 0.6 is 11.8 Å². The van der Waals surface area contributed by atoms with Gasteiger partial charge in [-0.25, -0.2) is 0 Å². The summed E-state index contributed by atoms with van der Waals surface area (Å²) in [5.74, 6) is 2.03. The second-order valence-corrected chi connectivity index (χ2v) is 6.63. The Morgan fingerprint density at radius 3 is 2.86 bits per heavy atom. The molecule has 2 heterocycles. The minimum atomic E-state index is 0.454. The molecule has 2 saturated heterocycles. The van der Waals surface area contributed by atoms with Crippen LogP contribution in [0, 0.1) is 5.92 Å². The van der Waals surface area contributed by atoms with Crippen LogP contribution in [0.25, 0.3) is 0 Å². The first-order valence-electron chi connectivity index (χ1n) is 5.63. The highest BCUT2D eigenvalue weighted by atomic mass is 32.2. The van der Waals surface area contributed by atoms with Gasteiger partial charge in [0.2, 0.25) is 0 Å². The third kappa shape index (κ3) is 2.44. The van der Waals surface area contributed by atoms with Gasteiger partial charge in [0, 0.05) is 29.7 Å². The van der Waals surface area contributed by atoms with Crippen LogP contribution in [0.15, 0.2) is 0 Å². The number of ether oxygens (including phenoxy) is 1. The van der Waals surface area contributed by atoms with Crippen LogP contribution in [-0.4, -0.2) is 36.3 Å². The predicted molar refractivity (Wildman–Crippen MR) is 61.9 cm³/mol. The maximum absolute atomic E-state index is 5.47. The van der Waals surface area contributed by atoms with Crippen LogP contribution in [0.1, 0.15) is 26.7 Å². The average Bonchev–Trinajstić information content (AvgIpc) is 2.18. The molecule has 1 N–H and O–H groups in total. The lowest BCUT2D eigenvalue weighted by Gasteiger charge is -2.45. The van der Waals surface area contributed by atoms with Crippen molar-refractivity contribution in [1.29, 1.82) is 0 Å². The van der Waals surface area contributed by atoms with Gasteiger partial charge in [-0.3, -0.25) is 0 Å². The molecule has 0 spiro atoms. The van der Waals surface area contributed by atoms with E-state index < -0.39 is 0 Å². The molecule has 2 aliphatic heterocycles. The molecular formula is C11H21NOS. The lowest BCUT2D eigenvalue weighted by atomic mass is 9.99. The van der Waals surface area contributed by atoms with Crippen molar-refractivity contribution in [2.24, 2.45) is 5.92 Å². The molecule has 0 amide bonds. The molecular weight excluding hydrogens is 194 g/mol. The van der Waals surface area contributed by atoms with Gasteiger partial charge in [0.25, 0.3) is 0 Å². The Morgan fingerprint density at radius 1 is 1.50 bits per heavy atom. The molecule has 0 radical (unpaired) electrons. The van der Waals surface area contributed by atoms with Crippen molar-refractivity contribution in [2.75, 3.05) is 25.5 Å². The Hall–Kier alpha value is 0.270. The van der Waals surface area contributed by atoms with E-state index in [9.17, 15) is 0 Å². The second kappa shape index (κ2) is 4.42. The third-order valence-corrected chi connectivity index (χ3v) is 4.90. The Balaban J connectivity index is 1.66. The van der Waals surface area contributed by atoms with E-state index in [1.165, 1.54) is 18.6 Å². The lowest BCUT2D eigenvalue weighted by molar-refractivity contribution is 0.0535. The van der Waals surface area contributed by atoms with E-state index in [0.29, 0.717) is 4.75 Å². The molecule has 0 aromatic rings. The van der Waals surface area contributed by atoms with Crippen molar-refractivity contribution >= 4 is 11.8 Å². The molecule has 3 heteroatoms. The molecule has 2 unspecified atom stereocenters. The fourth-order valence-corrected chi connectivity index (χ4v) is 3.28. The number of thioether (sulfide) groups is 1. The zero-order valence-corrected chi connectivity index (χ0v) is 10.0. The van der Waals surface area contributed by atoms with Gasteiger partial charge < -0.3 is 10.1 Å². The normalized spacial score (nSPS) is 36.4. The molecule has 14 heavy (non-hydrogen) atoms.